The van der Waals surface area contributed by atoms with Crippen LogP contribution in [0.4, 0.5) is 0 Å². The Labute approximate surface area is 104 Å². The number of nitrogens with zero attached hydrogens (tertiary/aromatic N) is 1. The average Bonchev–Trinajstić information content (AvgIpc) is 2.87. The van der Waals surface area contributed by atoms with Crippen LogP contribution in [-0.4, -0.2) is 42.0 Å². The van der Waals surface area contributed by atoms with Gasteiger partial charge >= 0.3 is 5.97 Å². The number of aromatic amines is 1. The van der Waals surface area contributed by atoms with E-state index in [1.54, 1.807) is 0 Å². The highest BCUT2D eigenvalue weighted by Crippen LogP contribution is 2.18. The molecule has 18 heavy (non-hydrogen) atoms. The van der Waals surface area contributed by atoms with E-state index in [0.29, 0.717) is 19.5 Å². The maximum Gasteiger partial charge on any atom is 0.310 e. The molecule has 1 aliphatic heterocycles. The van der Waals surface area contributed by atoms with Gasteiger partial charge in [0, 0.05) is 31.5 Å². The number of H-pyrrole nitrogens is 1. The van der Waals surface area contributed by atoms with Gasteiger partial charge in [-0.2, -0.15) is 0 Å². The van der Waals surface area contributed by atoms with Gasteiger partial charge in [-0.05, 0) is 6.42 Å². The first-order chi connectivity index (χ1) is 8.63. The second kappa shape index (κ2) is 5.03. The summed E-state index contributed by atoms with van der Waals surface area (Å²) in [7, 11) is 1.33. The van der Waals surface area contributed by atoms with E-state index in [-0.39, 0.29) is 28.8 Å². The SMILES string of the molecule is COC(=O)C1CCN(C(=O)c2c[nH]ccc2=O)C1. The number of methoxy groups -OCH3 is 1. The first-order valence-electron chi connectivity index (χ1n) is 5.67. The Bertz CT molecular complexity index is 523. The number of rotatable bonds is 2. The zero-order valence-corrected chi connectivity index (χ0v) is 10.0. The Morgan fingerprint density at radius 1 is 1.50 bits per heavy atom. The van der Waals surface area contributed by atoms with Crippen molar-refractivity contribution in [3.8, 4) is 0 Å². The molecule has 1 unspecified atom stereocenters. The van der Waals surface area contributed by atoms with E-state index in [4.69, 9.17) is 0 Å². The van der Waals surface area contributed by atoms with Crippen LogP contribution < -0.4 is 5.43 Å². The lowest BCUT2D eigenvalue weighted by Crippen LogP contribution is -2.33. The summed E-state index contributed by atoms with van der Waals surface area (Å²) >= 11 is 0. The molecule has 0 radical (unpaired) electrons. The van der Waals surface area contributed by atoms with Gasteiger partial charge in [0.25, 0.3) is 5.91 Å². The smallest absolute Gasteiger partial charge is 0.310 e. The Morgan fingerprint density at radius 3 is 2.94 bits per heavy atom. The van der Waals surface area contributed by atoms with Gasteiger partial charge in [0.15, 0.2) is 5.43 Å². The van der Waals surface area contributed by atoms with Crippen molar-refractivity contribution in [3.05, 3.63) is 34.2 Å². The van der Waals surface area contributed by atoms with Gasteiger partial charge in [0.05, 0.1) is 13.0 Å². The van der Waals surface area contributed by atoms with E-state index in [1.165, 1.54) is 30.5 Å². The van der Waals surface area contributed by atoms with Crippen LogP contribution in [0.5, 0.6) is 0 Å². The van der Waals surface area contributed by atoms with Crippen molar-refractivity contribution in [2.45, 2.75) is 6.42 Å². The fourth-order valence-corrected chi connectivity index (χ4v) is 2.06. The van der Waals surface area contributed by atoms with Crippen LogP contribution in [0.2, 0.25) is 0 Å². The summed E-state index contributed by atoms with van der Waals surface area (Å²) in [5.41, 5.74) is -0.219. The molecule has 6 nitrogen and oxygen atoms in total. The van der Waals surface area contributed by atoms with E-state index in [9.17, 15) is 14.4 Å². The van der Waals surface area contributed by atoms with Gasteiger partial charge in [-0.1, -0.05) is 0 Å². The molecular formula is C12H14N2O4. The first-order valence-corrected chi connectivity index (χ1v) is 5.67. The van der Waals surface area contributed by atoms with Crippen molar-refractivity contribution in [2.24, 2.45) is 5.92 Å². The lowest BCUT2D eigenvalue weighted by atomic mass is 10.1. The van der Waals surface area contributed by atoms with Crippen LogP contribution >= 0.6 is 0 Å². The minimum atomic E-state index is -0.344. The molecule has 0 aliphatic carbocycles. The molecule has 6 heteroatoms. The Morgan fingerprint density at radius 2 is 2.28 bits per heavy atom. The number of carbonyl (C=O) groups excluding carboxylic acids is 2. The molecule has 0 spiro atoms. The standard InChI is InChI=1S/C12H14N2O4/c1-18-12(17)8-3-5-14(7-8)11(16)9-6-13-4-2-10(9)15/h2,4,6,8H,3,5,7H2,1H3,(H,13,15). The summed E-state index contributed by atoms with van der Waals surface area (Å²) in [6, 6.07) is 1.31. The van der Waals surface area contributed by atoms with Gasteiger partial charge in [-0.15, -0.1) is 0 Å². The molecule has 1 aliphatic rings. The molecule has 1 atom stereocenters. The maximum absolute atomic E-state index is 12.1. The fraction of sp³-hybridized carbons (Fsp3) is 0.417. The molecule has 0 aromatic carbocycles. The molecule has 1 N–H and O–H groups in total. The molecule has 0 bridgehead atoms. The number of aromatic nitrogens is 1. The number of amides is 1. The third-order valence-electron chi connectivity index (χ3n) is 3.06. The summed E-state index contributed by atoms with van der Waals surface area (Å²) < 4.78 is 4.65. The molecule has 1 fully saturated rings. The van der Waals surface area contributed by atoms with Crippen LogP contribution in [0, 0.1) is 5.92 Å². The quantitative estimate of drug-likeness (QED) is 0.750. The Balaban J connectivity index is 2.11. The van der Waals surface area contributed by atoms with Crippen molar-refractivity contribution in [1.82, 2.24) is 9.88 Å². The van der Waals surface area contributed by atoms with Crippen molar-refractivity contribution < 1.29 is 14.3 Å². The van der Waals surface area contributed by atoms with Crippen molar-refractivity contribution in [2.75, 3.05) is 20.2 Å². The van der Waals surface area contributed by atoms with E-state index >= 15 is 0 Å². The minimum Gasteiger partial charge on any atom is -0.469 e. The van der Waals surface area contributed by atoms with E-state index in [2.05, 4.69) is 9.72 Å². The van der Waals surface area contributed by atoms with Gasteiger partial charge < -0.3 is 14.6 Å². The molecular weight excluding hydrogens is 236 g/mol. The highest BCUT2D eigenvalue weighted by Gasteiger charge is 2.32. The lowest BCUT2D eigenvalue weighted by molar-refractivity contribution is -0.144. The summed E-state index contributed by atoms with van der Waals surface area (Å²) in [5, 5.41) is 0. The van der Waals surface area contributed by atoms with E-state index in [0.717, 1.165) is 0 Å². The second-order valence-corrected chi connectivity index (χ2v) is 4.18. The van der Waals surface area contributed by atoms with Crippen LogP contribution in [0.3, 0.4) is 0 Å². The van der Waals surface area contributed by atoms with Crippen molar-refractivity contribution >= 4 is 11.9 Å². The number of hydrogen-bond acceptors (Lipinski definition) is 4. The van der Waals surface area contributed by atoms with E-state index in [1.807, 2.05) is 0 Å². The number of pyridine rings is 1. The molecule has 1 aromatic heterocycles. The number of nitrogens with one attached hydrogen (secondary N) is 1. The van der Waals surface area contributed by atoms with Gasteiger partial charge in [0.1, 0.15) is 5.56 Å². The largest absolute Gasteiger partial charge is 0.469 e. The molecule has 2 heterocycles. The van der Waals surface area contributed by atoms with Gasteiger partial charge in [0.2, 0.25) is 0 Å². The third kappa shape index (κ3) is 2.27. The monoisotopic (exact) mass is 250 g/mol. The normalized spacial score (nSPS) is 18.7. The summed E-state index contributed by atoms with van der Waals surface area (Å²) in [6.07, 6.45) is 3.43. The van der Waals surface area contributed by atoms with Crippen molar-refractivity contribution in [1.29, 1.82) is 0 Å². The third-order valence-corrected chi connectivity index (χ3v) is 3.06. The highest BCUT2D eigenvalue weighted by molar-refractivity contribution is 5.94. The van der Waals surface area contributed by atoms with Crippen molar-refractivity contribution in [3.63, 3.8) is 0 Å². The second-order valence-electron chi connectivity index (χ2n) is 4.18. The predicted molar refractivity (Wildman–Crippen MR) is 63.1 cm³/mol. The Kier molecular flexibility index (Phi) is 3.45. The number of likely N-dealkylation sites (tertiary alicyclic amines) is 1. The minimum absolute atomic E-state index is 0.100. The van der Waals surface area contributed by atoms with Crippen LogP contribution in [0.15, 0.2) is 23.3 Å². The molecule has 1 saturated heterocycles. The molecule has 1 amide bonds. The van der Waals surface area contributed by atoms with E-state index < -0.39 is 0 Å². The number of hydrogen-bond donors (Lipinski definition) is 1. The van der Waals surface area contributed by atoms with Crippen LogP contribution in [0.25, 0.3) is 0 Å². The lowest BCUT2D eigenvalue weighted by Gasteiger charge is -2.15. The maximum atomic E-state index is 12.1. The number of esters is 1. The number of carbonyl (C=O) groups is 2. The zero-order chi connectivity index (χ0) is 13.1. The summed E-state index contributed by atoms with van der Waals surface area (Å²) in [4.78, 5) is 39.2. The summed E-state index contributed by atoms with van der Waals surface area (Å²) in [5.74, 6) is -0.947. The van der Waals surface area contributed by atoms with Gasteiger partial charge in [-0.3, -0.25) is 14.4 Å². The topological polar surface area (TPSA) is 79.5 Å². The number of ether oxygens (including phenoxy) is 1. The zero-order valence-electron chi connectivity index (χ0n) is 10.0. The molecule has 2 rings (SSSR count). The molecule has 1 aromatic rings. The first kappa shape index (κ1) is 12.3. The molecule has 96 valence electrons. The van der Waals surface area contributed by atoms with Crippen LogP contribution in [-0.2, 0) is 9.53 Å². The fourth-order valence-electron chi connectivity index (χ4n) is 2.06. The highest BCUT2D eigenvalue weighted by atomic mass is 16.5. The van der Waals surface area contributed by atoms with Gasteiger partial charge in [-0.25, -0.2) is 0 Å². The van der Waals surface area contributed by atoms with Crippen LogP contribution in [0.1, 0.15) is 16.8 Å². The predicted octanol–water partition coefficient (Wildman–Crippen LogP) is 0.01000. The molecule has 0 saturated carbocycles. The summed E-state index contributed by atoms with van der Waals surface area (Å²) in [6.45, 7) is 0.771. The Hall–Kier alpha value is -2.11. The average molecular weight is 250 g/mol.